The lowest BCUT2D eigenvalue weighted by Gasteiger charge is -2.29. The van der Waals surface area contributed by atoms with E-state index >= 15 is 0 Å². The maximum absolute atomic E-state index is 12.2. The number of aromatic nitrogens is 1. The van der Waals surface area contributed by atoms with Gasteiger partial charge in [0.2, 0.25) is 0 Å². The molecule has 3 N–H and O–H groups in total. The number of carbonyl (C=O) groups excluding carboxylic acids is 1. The van der Waals surface area contributed by atoms with Crippen LogP contribution in [0.1, 0.15) is 30.3 Å². The SMILES string of the molecule is Cn1cc(Br)cc1C(=O)NC(C)(CN)C1CC1. The molecule has 1 fully saturated rings. The van der Waals surface area contributed by atoms with E-state index in [2.05, 4.69) is 21.2 Å². The summed E-state index contributed by atoms with van der Waals surface area (Å²) in [5.74, 6) is 0.471. The Morgan fingerprint density at radius 3 is 2.76 bits per heavy atom. The molecule has 1 aromatic rings. The number of halogens is 1. The molecular formula is C12H18BrN3O. The van der Waals surface area contributed by atoms with Crippen molar-refractivity contribution >= 4 is 21.8 Å². The van der Waals surface area contributed by atoms with E-state index < -0.39 is 0 Å². The van der Waals surface area contributed by atoms with E-state index in [-0.39, 0.29) is 11.4 Å². The van der Waals surface area contributed by atoms with Gasteiger partial charge in [-0.15, -0.1) is 0 Å². The van der Waals surface area contributed by atoms with E-state index in [9.17, 15) is 4.79 Å². The van der Waals surface area contributed by atoms with Crippen LogP contribution in [0.3, 0.4) is 0 Å². The van der Waals surface area contributed by atoms with E-state index in [0.29, 0.717) is 18.2 Å². The number of nitrogens with two attached hydrogens (primary N) is 1. The molecule has 17 heavy (non-hydrogen) atoms. The summed E-state index contributed by atoms with van der Waals surface area (Å²) in [6.07, 6.45) is 4.18. The largest absolute Gasteiger partial charge is 0.345 e. The Kier molecular flexibility index (Phi) is 3.32. The number of nitrogens with one attached hydrogen (secondary N) is 1. The predicted molar refractivity (Wildman–Crippen MR) is 70.8 cm³/mol. The second kappa shape index (κ2) is 4.46. The standard InChI is InChI=1S/C12H18BrN3O/c1-12(7-14,8-3-4-8)15-11(17)10-5-9(13)6-16(10)2/h5-6,8H,3-4,7,14H2,1-2H3,(H,15,17). The number of aryl methyl sites for hydroxylation is 1. The summed E-state index contributed by atoms with van der Waals surface area (Å²) in [5.41, 5.74) is 6.17. The molecule has 0 saturated heterocycles. The first-order chi connectivity index (χ1) is 7.96. The van der Waals surface area contributed by atoms with Crippen LogP contribution in [0.5, 0.6) is 0 Å². The lowest BCUT2D eigenvalue weighted by molar-refractivity contribution is 0.0889. The Labute approximate surface area is 110 Å². The zero-order chi connectivity index (χ0) is 12.6. The molecule has 94 valence electrons. The monoisotopic (exact) mass is 299 g/mol. The van der Waals surface area contributed by atoms with Crippen LogP contribution in [0.2, 0.25) is 0 Å². The average Bonchev–Trinajstić information content (AvgIpc) is 3.05. The van der Waals surface area contributed by atoms with Gasteiger partial charge in [-0.2, -0.15) is 0 Å². The van der Waals surface area contributed by atoms with Crippen LogP contribution >= 0.6 is 15.9 Å². The van der Waals surface area contributed by atoms with Crippen LogP contribution in [0.4, 0.5) is 0 Å². The molecule has 1 heterocycles. The van der Waals surface area contributed by atoms with Gasteiger partial charge >= 0.3 is 0 Å². The number of nitrogens with zero attached hydrogens (tertiary/aromatic N) is 1. The first-order valence-electron chi connectivity index (χ1n) is 5.81. The van der Waals surface area contributed by atoms with Crippen molar-refractivity contribution in [3.8, 4) is 0 Å². The van der Waals surface area contributed by atoms with Gasteiger partial charge in [0.1, 0.15) is 5.69 Å². The summed E-state index contributed by atoms with van der Waals surface area (Å²) >= 11 is 3.36. The number of carbonyl (C=O) groups is 1. The Morgan fingerprint density at radius 2 is 2.35 bits per heavy atom. The number of hydrogen-bond donors (Lipinski definition) is 2. The van der Waals surface area contributed by atoms with E-state index in [4.69, 9.17) is 5.73 Å². The smallest absolute Gasteiger partial charge is 0.268 e. The highest BCUT2D eigenvalue weighted by atomic mass is 79.9. The fourth-order valence-electron chi connectivity index (χ4n) is 2.11. The highest BCUT2D eigenvalue weighted by Gasteiger charge is 2.41. The van der Waals surface area contributed by atoms with Gasteiger partial charge < -0.3 is 15.6 Å². The Hall–Kier alpha value is -0.810. The fourth-order valence-corrected chi connectivity index (χ4v) is 2.64. The zero-order valence-corrected chi connectivity index (χ0v) is 11.8. The molecule has 1 aliphatic rings. The topological polar surface area (TPSA) is 60.0 Å². The number of amides is 1. The molecule has 1 aromatic heterocycles. The minimum atomic E-state index is -0.270. The van der Waals surface area contributed by atoms with Gasteiger partial charge in [-0.05, 0) is 47.7 Å². The van der Waals surface area contributed by atoms with Crippen molar-refractivity contribution in [1.82, 2.24) is 9.88 Å². The van der Waals surface area contributed by atoms with Gasteiger partial charge in [0, 0.05) is 24.3 Å². The second-order valence-electron chi connectivity index (χ2n) is 5.00. The summed E-state index contributed by atoms with van der Waals surface area (Å²) in [5, 5.41) is 3.07. The van der Waals surface area contributed by atoms with Crippen LogP contribution in [-0.4, -0.2) is 22.6 Å². The average molecular weight is 300 g/mol. The van der Waals surface area contributed by atoms with Gasteiger partial charge in [-0.1, -0.05) is 0 Å². The number of hydrogen-bond acceptors (Lipinski definition) is 2. The summed E-state index contributed by atoms with van der Waals surface area (Å²) < 4.78 is 2.72. The first-order valence-corrected chi connectivity index (χ1v) is 6.60. The third kappa shape index (κ3) is 2.55. The van der Waals surface area contributed by atoms with Crippen LogP contribution in [0.25, 0.3) is 0 Å². The van der Waals surface area contributed by atoms with Crippen LogP contribution in [0.15, 0.2) is 16.7 Å². The molecule has 1 aliphatic carbocycles. The molecule has 1 atom stereocenters. The maximum atomic E-state index is 12.2. The van der Waals surface area contributed by atoms with E-state index in [1.165, 1.54) is 0 Å². The molecule has 0 spiro atoms. The molecule has 1 unspecified atom stereocenters. The molecule has 4 nitrogen and oxygen atoms in total. The van der Waals surface area contributed by atoms with Gasteiger partial charge in [0.05, 0.1) is 5.54 Å². The van der Waals surface area contributed by atoms with Gasteiger partial charge in [0.25, 0.3) is 5.91 Å². The van der Waals surface area contributed by atoms with Crippen molar-refractivity contribution in [3.63, 3.8) is 0 Å². The Bertz CT molecular complexity index is 439. The van der Waals surface area contributed by atoms with Crippen molar-refractivity contribution < 1.29 is 4.79 Å². The normalized spacial score (nSPS) is 18.8. The van der Waals surface area contributed by atoms with Crippen molar-refractivity contribution in [2.45, 2.75) is 25.3 Å². The van der Waals surface area contributed by atoms with Crippen LogP contribution in [0, 0.1) is 5.92 Å². The van der Waals surface area contributed by atoms with Crippen molar-refractivity contribution in [3.05, 3.63) is 22.4 Å². The Balaban J connectivity index is 2.13. The van der Waals surface area contributed by atoms with E-state index in [0.717, 1.165) is 17.3 Å². The zero-order valence-electron chi connectivity index (χ0n) is 10.2. The molecule has 0 bridgehead atoms. The molecular weight excluding hydrogens is 282 g/mol. The summed E-state index contributed by atoms with van der Waals surface area (Å²) in [7, 11) is 1.86. The molecule has 0 aliphatic heterocycles. The predicted octanol–water partition coefficient (Wildman–Crippen LogP) is 1.64. The lowest BCUT2D eigenvalue weighted by Crippen LogP contribution is -2.53. The quantitative estimate of drug-likeness (QED) is 0.888. The van der Waals surface area contributed by atoms with Gasteiger partial charge in [-0.3, -0.25) is 4.79 Å². The summed E-state index contributed by atoms with van der Waals surface area (Å²) in [6.45, 7) is 2.51. The third-order valence-corrected chi connectivity index (χ3v) is 3.94. The van der Waals surface area contributed by atoms with Crippen molar-refractivity contribution in [1.29, 1.82) is 0 Å². The minimum Gasteiger partial charge on any atom is -0.345 e. The third-order valence-electron chi connectivity index (χ3n) is 3.51. The summed E-state index contributed by atoms with van der Waals surface area (Å²) in [4.78, 5) is 12.2. The van der Waals surface area contributed by atoms with Crippen molar-refractivity contribution in [2.24, 2.45) is 18.7 Å². The molecule has 0 radical (unpaired) electrons. The molecule has 1 saturated carbocycles. The highest BCUT2D eigenvalue weighted by Crippen LogP contribution is 2.39. The minimum absolute atomic E-state index is 0.0574. The highest BCUT2D eigenvalue weighted by molar-refractivity contribution is 9.10. The van der Waals surface area contributed by atoms with Crippen LogP contribution < -0.4 is 11.1 Å². The number of rotatable bonds is 4. The first kappa shape index (κ1) is 12.6. The van der Waals surface area contributed by atoms with Crippen LogP contribution in [-0.2, 0) is 7.05 Å². The van der Waals surface area contributed by atoms with Crippen molar-refractivity contribution in [2.75, 3.05) is 6.54 Å². The second-order valence-corrected chi connectivity index (χ2v) is 5.92. The molecule has 1 amide bonds. The molecule has 0 aromatic carbocycles. The van der Waals surface area contributed by atoms with Gasteiger partial charge in [0.15, 0.2) is 0 Å². The van der Waals surface area contributed by atoms with E-state index in [1.807, 2.05) is 30.8 Å². The molecule has 2 rings (SSSR count). The molecule has 5 heteroatoms. The maximum Gasteiger partial charge on any atom is 0.268 e. The Morgan fingerprint density at radius 1 is 1.71 bits per heavy atom. The summed E-state index contributed by atoms with van der Waals surface area (Å²) in [6, 6.07) is 1.82. The lowest BCUT2D eigenvalue weighted by atomic mass is 9.96. The van der Waals surface area contributed by atoms with Gasteiger partial charge in [-0.25, -0.2) is 0 Å². The van der Waals surface area contributed by atoms with E-state index in [1.54, 1.807) is 0 Å². The fraction of sp³-hybridized carbons (Fsp3) is 0.583.